The number of rotatable bonds is 4. The van der Waals surface area contributed by atoms with Crippen LogP contribution in [0.4, 0.5) is 15.8 Å². The van der Waals surface area contributed by atoms with Crippen LogP contribution in [0.15, 0.2) is 12.1 Å². The zero-order chi connectivity index (χ0) is 13.8. The van der Waals surface area contributed by atoms with Gasteiger partial charge in [0.25, 0.3) is 0 Å². The van der Waals surface area contributed by atoms with Crippen molar-refractivity contribution in [3.8, 4) is 5.75 Å². The summed E-state index contributed by atoms with van der Waals surface area (Å²) >= 11 is 1.97. The molecule has 1 aromatic carbocycles. The monoisotopic (exact) mass is 284 g/mol. The van der Waals surface area contributed by atoms with Gasteiger partial charge in [0.1, 0.15) is 0 Å². The van der Waals surface area contributed by atoms with Crippen LogP contribution in [0.1, 0.15) is 26.7 Å². The summed E-state index contributed by atoms with van der Waals surface area (Å²) in [6.07, 6.45) is 2.17. The highest BCUT2D eigenvalue weighted by Crippen LogP contribution is 2.31. The van der Waals surface area contributed by atoms with Gasteiger partial charge in [-0.3, -0.25) is 0 Å². The molecule has 0 spiro atoms. The van der Waals surface area contributed by atoms with Crippen molar-refractivity contribution in [1.29, 1.82) is 0 Å². The lowest BCUT2D eigenvalue weighted by Gasteiger charge is -2.25. The number of nitrogens with one attached hydrogen (secondary N) is 1. The third-order valence-corrected chi connectivity index (χ3v) is 4.10. The third kappa shape index (κ3) is 3.93. The summed E-state index contributed by atoms with van der Waals surface area (Å²) in [7, 11) is 0. The van der Waals surface area contributed by atoms with Gasteiger partial charge in [-0.15, -0.1) is 0 Å². The van der Waals surface area contributed by atoms with Crippen molar-refractivity contribution in [2.75, 3.05) is 22.6 Å². The van der Waals surface area contributed by atoms with Gasteiger partial charge in [-0.05, 0) is 38.2 Å². The van der Waals surface area contributed by atoms with Gasteiger partial charge in [-0.1, -0.05) is 0 Å². The van der Waals surface area contributed by atoms with Gasteiger partial charge in [-0.25, -0.2) is 4.39 Å². The third-order valence-electron chi connectivity index (χ3n) is 3.05. The van der Waals surface area contributed by atoms with Gasteiger partial charge in [-0.2, -0.15) is 11.8 Å². The molecule has 0 aromatic heterocycles. The fraction of sp³-hybridized carbons (Fsp3) is 0.571. The van der Waals surface area contributed by atoms with Crippen molar-refractivity contribution in [3.63, 3.8) is 0 Å². The molecule has 106 valence electrons. The predicted octanol–water partition coefficient (Wildman–Crippen LogP) is 3.50. The molecule has 2 rings (SSSR count). The topological polar surface area (TPSA) is 47.3 Å². The maximum atomic E-state index is 13.7. The summed E-state index contributed by atoms with van der Waals surface area (Å²) in [5.74, 6) is 2.18. The number of halogens is 1. The number of nitrogens with two attached hydrogens (primary N) is 1. The van der Waals surface area contributed by atoms with Crippen LogP contribution in [0.5, 0.6) is 5.75 Å². The normalized spacial score (nSPS) is 16.6. The van der Waals surface area contributed by atoms with Crippen molar-refractivity contribution < 1.29 is 9.13 Å². The summed E-state index contributed by atoms with van der Waals surface area (Å²) in [4.78, 5) is 0. The Morgan fingerprint density at radius 3 is 2.68 bits per heavy atom. The molecule has 3 N–H and O–H groups in total. The molecule has 19 heavy (non-hydrogen) atoms. The Hall–Kier alpha value is -1.10. The molecule has 1 aliphatic heterocycles. The van der Waals surface area contributed by atoms with E-state index in [1.165, 1.54) is 6.07 Å². The van der Waals surface area contributed by atoms with Crippen molar-refractivity contribution in [2.24, 2.45) is 0 Å². The van der Waals surface area contributed by atoms with E-state index >= 15 is 0 Å². The van der Waals surface area contributed by atoms with E-state index < -0.39 is 5.82 Å². The van der Waals surface area contributed by atoms with E-state index in [9.17, 15) is 4.39 Å². The van der Waals surface area contributed by atoms with E-state index in [4.69, 9.17) is 10.5 Å². The molecule has 0 atom stereocenters. The van der Waals surface area contributed by atoms with Crippen LogP contribution < -0.4 is 15.8 Å². The lowest BCUT2D eigenvalue weighted by Crippen LogP contribution is -2.25. The van der Waals surface area contributed by atoms with Crippen LogP contribution >= 0.6 is 11.8 Å². The second-order valence-corrected chi connectivity index (χ2v) is 6.29. The maximum absolute atomic E-state index is 13.7. The first-order valence-electron chi connectivity index (χ1n) is 6.66. The summed E-state index contributed by atoms with van der Waals surface area (Å²) in [6.45, 7) is 3.75. The fourth-order valence-corrected chi connectivity index (χ4v) is 3.21. The Morgan fingerprint density at radius 2 is 2.05 bits per heavy atom. The molecule has 0 saturated carbocycles. The Kier molecular flexibility index (Phi) is 4.80. The molecule has 0 unspecified atom stereocenters. The van der Waals surface area contributed by atoms with Crippen LogP contribution in [0.25, 0.3) is 0 Å². The standard InChI is InChI=1S/C14H21FN2OS/c1-9(2)18-14-8-13(12(16)7-11(14)15)17-10-3-5-19-6-4-10/h7-10,17H,3-6,16H2,1-2H3. The van der Waals surface area contributed by atoms with E-state index in [0.29, 0.717) is 11.7 Å². The van der Waals surface area contributed by atoms with Gasteiger partial charge in [0.05, 0.1) is 17.5 Å². The first-order valence-corrected chi connectivity index (χ1v) is 7.81. The molecule has 5 heteroatoms. The molecule has 1 aliphatic rings. The maximum Gasteiger partial charge on any atom is 0.167 e. The Balaban J connectivity index is 2.14. The molecule has 3 nitrogen and oxygen atoms in total. The number of benzene rings is 1. The molecule has 0 amide bonds. The predicted molar refractivity (Wildman–Crippen MR) is 80.5 cm³/mol. The minimum atomic E-state index is -0.407. The van der Waals surface area contributed by atoms with Crippen molar-refractivity contribution >= 4 is 23.1 Å². The average Bonchev–Trinajstić information content (AvgIpc) is 2.36. The van der Waals surface area contributed by atoms with E-state index in [2.05, 4.69) is 5.32 Å². The van der Waals surface area contributed by atoms with Gasteiger partial charge in [0.2, 0.25) is 0 Å². The SMILES string of the molecule is CC(C)Oc1cc(NC2CCSCC2)c(N)cc1F. The van der Waals surface area contributed by atoms with Crippen LogP contribution in [0.3, 0.4) is 0 Å². The zero-order valence-electron chi connectivity index (χ0n) is 11.4. The van der Waals surface area contributed by atoms with Crippen LogP contribution in [0.2, 0.25) is 0 Å². The quantitative estimate of drug-likeness (QED) is 0.831. The van der Waals surface area contributed by atoms with Gasteiger partial charge in [0, 0.05) is 18.2 Å². The van der Waals surface area contributed by atoms with E-state index in [1.54, 1.807) is 6.07 Å². The van der Waals surface area contributed by atoms with E-state index in [-0.39, 0.29) is 11.9 Å². The molecule has 0 aliphatic carbocycles. The molecule has 1 saturated heterocycles. The summed E-state index contributed by atoms with van der Waals surface area (Å²) in [6, 6.07) is 3.42. The summed E-state index contributed by atoms with van der Waals surface area (Å²) < 4.78 is 19.2. The molecule has 1 heterocycles. The van der Waals surface area contributed by atoms with Crippen LogP contribution in [-0.4, -0.2) is 23.7 Å². The van der Waals surface area contributed by atoms with Gasteiger partial charge < -0.3 is 15.8 Å². The Labute approximate surface area is 118 Å². The second-order valence-electron chi connectivity index (χ2n) is 5.07. The van der Waals surface area contributed by atoms with Crippen molar-refractivity contribution in [1.82, 2.24) is 0 Å². The number of nitrogen functional groups attached to an aromatic ring is 1. The highest BCUT2D eigenvalue weighted by atomic mass is 32.2. The summed E-state index contributed by atoms with van der Waals surface area (Å²) in [5, 5.41) is 3.40. The first-order chi connectivity index (χ1) is 9.06. The van der Waals surface area contributed by atoms with Gasteiger partial charge >= 0.3 is 0 Å². The minimum Gasteiger partial charge on any atom is -0.488 e. The van der Waals surface area contributed by atoms with E-state index in [0.717, 1.165) is 30.0 Å². The van der Waals surface area contributed by atoms with Gasteiger partial charge in [0.15, 0.2) is 11.6 Å². The van der Waals surface area contributed by atoms with Crippen molar-refractivity contribution in [3.05, 3.63) is 17.9 Å². The van der Waals surface area contributed by atoms with Crippen LogP contribution in [-0.2, 0) is 0 Å². The summed E-state index contributed by atoms with van der Waals surface area (Å²) in [5.41, 5.74) is 7.08. The lowest BCUT2D eigenvalue weighted by molar-refractivity contribution is 0.231. The zero-order valence-corrected chi connectivity index (χ0v) is 12.2. The van der Waals surface area contributed by atoms with Crippen molar-refractivity contribution in [2.45, 2.75) is 38.8 Å². The average molecular weight is 284 g/mol. The number of ether oxygens (including phenoxy) is 1. The largest absolute Gasteiger partial charge is 0.488 e. The molecule has 1 aromatic rings. The number of thioether (sulfide) groups is 1. The highest BCUT2D eigenvalue weighted by molar-refractivity contribution is 7.99. The number of hydrogen-bond acceptors (Lipinski definition) is 4. The Morgan fingerprint density at radius 1 is 1.37 bits per heavy atom. The first kappa shape index (κ1) is 14.3. The number of hydrogen-bond donors (Lipinski definition) is 2. The minimum absolute atomic E-state index is 0.0583. The lowest BCUT2D eigenvalue weighted by atomic mass is 10.1. The molecule has 0 radical (unpaired) electrons. The Bertz CT molecular complexity index is 434. The molecule has 0 bridgehead atoms. The molecular weight excluding hydrogens is 263 g/mol. The van der Waals surface area contributed by atoms with Crippen LogP contribution in [0, 0.1) is 5.82 Å². The molecule has 1 fully saturated rings. The smallest absolute Gasteiger partial charge is 0.167 e. The highest BCUT2D eigenvalue weighted by Gasteiger charge is 2.16. The molecular formula is C14H21FN2OS. The van der Waals surface area contributed by atoms with E-state index in [1.807, 2.05) is 25.6 Å². The second kappa shape index (κ2) is 6.37. The number of anilines is 2. The fourth-order valence-electron chi connectivity index (χ4n) is 2.10.